The summed E-state index contributed by atoms with van der Waals surface area (Å²) in [6.07, 6.45) is -0.929. The maximum Gasteiger partial charge on any atom is 0.338 e. The number of carbonyl (C=O) groups excluding carboxylic acids is 2. The summed E-state index contributed by atoms with van der Waals surface area (Å²) in [6.45, 7) is 1.60. The third-order valence-corrected chi connectivity index (χ3v) is 1.83. The van der Waals surface area contributed by atoms with E-state index in [0.717, 1.165) is 5.56 Å². The van der Waals surface area contributed by atoms with E-state index in [1.54, 1.807) is 24.3 Å². The number of esters is 1. The van der Waals surface area contributed by atoms with Gasteiger partial charge in [-0.2, -0.15) is 0 Å². The summed E-state index contributed by atoms with van der Waals surface area (Å²) >= 11 is 0. The molecule has 0 aliphatic rings. The van der Waals surface area contributed by atoms with E-state index in [2.05, 4.69) is 0 Å². The van der Waals surface area contributed by atoms with Gasteiger partial charge >= 0.3 is 5.97 Å². The molecule has 4 nitrogen and oxygen atoms in total. The minimum Gasteiger partial charge on any atom is -0.459 e. The number of aliphatic hydroxyl groups excluding tert-OH is 1. The average Bonchev–Trinajstić information content (AvgIpc) is 2.26. The molecule has 0 aliphatic heterocycles. The molecule has 0 amide bonds. The maximum atomic E-state index is 11.3. The van der Waals surface area contributed by atoms with E-state index in [4.69, 9.17) is 9.84 Å². The minimum absolute atomic E-state index is 0.309. The number of carbonyl (C=O) groups is 2. The molecule has 0 aliphatic carbocycles. The van der Waals surface area contributed by atoms with Gasteiger partial charge in [-0.05, 0) is 19.1 Å². The molecule has 0 saturated carbocycles. The summed E-state index contributed by atoms with van der Waals surface area (Å²) in [4.78, 5) is 21.4. The van der Waals surface area contributed by atoms with E-state index in [1.165, 1.54) is 0 Å². The number of hydrogen-bond acceptors (Lipinski definition) is 4. The van der Waals surface area contributed by atoms with Crippen molar-refractivity contribution < 1.29 is 19.4 Å². The van der Waals surface area contributed by atoms with Crippen LogP contribution in [0, 0.1) is 6.92 Å². The fraction of sp³-hybridized carbons (Fsp3) is 0.273. The monoisotopic (exact) mass is 208 g/mol. The zero-order valence-electron chi connectivity index (χ0n) is 8.34. The van der Waals surface area contributed by atoms with Crippen LogP contribution in [-0.4, -0.2) is 30.1 Å². The Bertz CT molecular complexity index is 342. The van der Waals surface area contributed by atoms with E-state index >= 15 is 0 Å². The van der Waals surface area contributed by atoms with Crippen LogP contribution >= 0.6 is 0 Å². The maximum absolute atomic E-state index is 11.3. The van der Waals surface area contributed by atoms with Gasteiger partial charge in [0.15, 0.2) is 6.29 Å². The molecular weight excluding hydrogens is 196 g/mol. The summed E-state index contributed by atoms with van der Waals surface area (Å²) < 4.78 is 4.70. The van der Waals surface area contributed by atoms with E-state index in [1.807, 2.05) is 6.92 Å². The van der Waals surface area contributed by atoms with Crippen molar-refractivity contribution >= 4 is 12.3 Å². The summed E-state index contributed by atoms with van der Waals surface area (Å²) in [7, 11) is 0. The van der Waals surface area contributed by atoms with Gasteiger partial charge in [0, 0.05) is 0 Å². The van der Waals surface area contributed by atoms with Crippen LogP contribution in [-0.2, 0) is 9.53 Å². The average molecular weight is 208 g/mol. The second kappa shape index (κ2) is 5.26. The van der Waals surface area contributed by atoms with Gasteiger partial charge in [0.25, 0.3) is 0 Å². The predicted molar refractivity (Wildman–Crippen MR) is 53.5 cm³/mol. The molecule has 1 unspecified atom stereocenters. The van der Waals surface area contributed by atoms with Crippen molar-refractivity contribution in [1.82, 2.24) is 0 Å². The van der Waals surface area contributed by atoms with Gasteiger partial charge in [-0.25, -0.2) is 4.79 Å². The highest BCUT2D eigenvalue weighted by molar-refractivity contribution is 5.89. The number of benzene rings is 1. The van der Waals surface area contributed by atoms with Crippen LogP contribution in [0.5, 0.6) is 0 Å². The van der Waals surface area contributed by atoms with Crippen molar-refractivity contribution in [2.45, 2.75) is 13.0 Å². The molecule has 15 heavy (non-hydrogen) atoms. The summed E-state index contributed by atoms with van der Waals surface area (Å²) in [5.74, 6) is -0.545. The number of aldehydes is 1. The van der Waals surface area contributed by atoms with Crippen LogP contribution in [0.15, 0.2) is 24.3 Å². The Morgan fingerprint density at radius 2 is 2.07 bits per heavy atom. The number of rotatable bonds is 4. The predicted octanol–water partition coefficient (Wildman–Crippen LogP) is 0.712. The summed E-state index contributed by atoms with van der Waals surface area (Å²) in [5.41, 5.74) is 1.44. The normalized spacial score (nSPS) is 11.9. The van der Waals surface area contributed by atoms with Gasteiger partial charge in [0.2, 0.25) is 0 Å². The smallest absolute Gasteiger partial charge is 0.338 e. The highest BCUT2D eigenvalue weighted by Crippen LogP contribution is 2.04. The molecule has 4 heteroatoms. The SMILES string of the molecule is Cc1ccc(C(=O)OCC(O)C=O)cc1. The van der Waals surface area contributed by atoms with Crippen molar-refractivity contribution in [3.05, 3.63) is 35.4 Å². The molecule has 1 atom stereocenters. The first-order chi connectivity index (χ1) is 7.13. The third kappa shape index (κ3) is 3.52. The Hall–Kier alpha value is -1.68. The number of aryl methyl sites for hydroxylation is 1. The molecule has 1 rings (SSSR count). The van der Waals surface area contributed by atoms with Crippen LogP contribution in [0.1, 0.15) is 15.9 Å². The Morgan fingerprint density at radius 1 is 1.47 bits per heavy atom. The van der Waals surface area contributed by atoms with Crippen molar-refractivity contribution in [3.8, 4) is 0 Å². The fourth-order valence-corrected chi connectivity index (χ4v) is 0.973. The van der Waals surface area contributed by atoms with Crippen molar-refractivity contribution in [1.29, 1.82) is 0 Å². The zero-order chi connectivity index (χ0) is 11.3. The molecule has 0 fully saturated rings. The highest BCUT2D eigenvalue weighted by atomic mass is 16.5. The number of hydrogen-bond donors (Lipinski definition) is 1. The first-order valence-electron chi connectivity index (χ1n) is 4.50. The van der Waals surface area contributed by atoms with E-state index in [9.17, 15) is 9.59 Å². The van der Waals surface area contributed by atoms with E-state index < -0.39 is 12.1 Å². The summed E-state index contributed by atoms with van der Waals surface area (Å²) in [6, 6.07) is 6.83. The van der Waals surface area contributed by atoms with Gasteiger partial charge < -0.3 is 14.6 Å². The lowest BCUT2D eigenvalue weighted by molar-refractivity contribution is -0.116. The molecule has 1 aromatic rings. The fourth-order valence-electron chi connectivity index (χ4n) is 0.973. The molecular formula is C11H12O4. The minimum atomic E-state index is -1.25. The Morgan fingerprint density at radius 3 is 2.60 bits per heavy atom. The number of ether oxygens (including phenoxy) is 1. The molecule has 0 aromatic heterocycles. The Balaban J connectivity index is 2.54. The standard InChI is InChI=1S/C11H12O4/c1-8-2-4-9(5-3-8)11(14)15-7-10(13)6-12/h2-6,10,13H,7H2,1H3. The quantitative estimate of drug-likeness (QED) is 0.584. The molecule has 0 saturated heterocycles. The highest BCUT2D eigenvalue weighted by Gasteiger charge is 2.09. The lowest BCUT2D eigenvalue weighted by atomic mass is 10.1. The Labute approximate surface area is 87.5 Å². The van der Waals surface area contributed by atoms with Gasteiger partial charge in [0.1, 0.15) is 12.7 Å². The Kier molecular flexibility index (Phi) is 4.00. The van der Waals surface area contributed by atoms with Gasteiger partial charge in [-0.3, -0.25) is 0 Å². The van der Waals surface area contributed by atoms with Crippen LogP contribution in [0.25, 0.3) is 0 Å². The van der Waals surface area contributed by atoms with E-state index in [0.29, 0.717) is 11.8 Å². The van der Waals surface area contributed by atoms with E-state index in [-0.39, 0.29) is 6.61 Å². The second-order valence-corrected chi connectivity index (χ2v) is 3.17. The van der Waals surface area contributed by atoms with Gasteiger partial charge in [0.05, 0.1) is 5.56 Å². The van der Waals surface area contributed by atoms with Crippen molar-refractivity contribution in [2.75, 3.05) is 6.61 Å². The molecule has 0 bridgehead atoms. The topological polar surface area (TPSA) is 63.6 Å². The molecule has 80 valence electrons. The van der Waals surface area contributed by atoms with Crippen LogP contribution in [0.3, 0.4) is 0 Å². The first kappa shape index (κ1) is 11.4. The summed E-state index contributed by atoms with van der Waals surface area (Å²) in [5, 5.41) is 8.85. The van der Waals surface area contributed by atoms with Crippen LogP contribution < -0.4 is 0 Å². The second-order valence-electron chi connectivity index (χ2n) is 3.17. The first-order valence-corrected chi connectivity index (χ1v) is 4.50. The molecule has 0 radical (unpaired) electrons. The largest absolute Gasteiger partial charge is 0.459 e. The van der Waals surface area contributed by atoms with Crippen LogP contribution in [0.4, 0.5) is 0 Å². The molecule has 1 aromatic carbocycles. The van der Waals surface area contributed by atoms with Crippen LogP contribution in [0.2, 0.25) is 0 Å². The molecule has 0 spiro atoms. The molecule has 0 heterocycles. The molecule has 1 N–H and O–H groups in total. The van der Waals surface area contributed by atoms with Gasteiger partial charge in [-0.15, -0.1) is 0 Å². The third-order valence-electron chi connectivity index (χ3n) is 1.83. The zero-order valence-corrected chi connectivity index (χ0v) is 8.34. The lowest BCUT2D eigenvalue weighted by Crippen LogP contribution is -2.19. The van der Waals surface area contributed by atoms with Crippen molar-refractivity contribution in [2.24, 2.45) is 0 Å². The van der Waals surface area contributed by atoms with Gasteiger partial charge in [-0.1, -0.05) is 17.7 Å². The van der Waals surface area contributed by atoms with Crippen molar-refractivity contribution in [3.63, 3.8) is 0 Å². The lowest BCUT2D eigenvalue weighted by Gasteiger charge is -2.05. The number of aliphatic hydroxyl groups is 1.